The minimum Gasteiger partial charge on any atom is -0.267 e. The second-order valence-electron chi connectivity index (χ2n) is 5.62. The lowest BCUT2D eigenvalue weighted by atomic mass is 9.93. The van der Waals surface area contributed by atoms with Crippen molar-refractivity contribution in [3.63, 3.8) is 0 Å². The van der Waals surface area contributed by atoms with Crippen molar-refractivity contribution in [1.29, 1.82) is 0 Å². The van der Waals surface area contributed by atoms with E-state index >= 15 is 0 Å². The van der Waals surface area contributed by atoms with Crippen molar-refractivity contribution in [2.45, 2.75) is 65.2 Å². The number of rotatable bonds is 8. The van der Waals surface area contributed by atoms with E-state index < -0.39 is 0 Å². The third-order valence-electron chi connectivity index (χ3n) is 3.97. The first-order valence-electron chi connectivity index (χ1n) is 8.02. The van der Waals surface area contributed by atoms with Crippen molar-refractivity contribution in [1.82, 2.24) is 0 Å². The van der Waals surface area contributed by atoms with Crippen LogP contribution in [-0.2, 0) is 6.42 Å². The molecular formula is C18H25NO. The summed E-state index contributed by atoms with van der Waals surface area (Å²) < 4.78 is 0. The highest BCUT2D eigenvalue weighted by Gasteiger charge is 2.24. The summed E-state index contributed by atoms with van der Waals surface area (Å²) in [6.07, 6.45) is 9.22. The standard InChI is InChI=1S/C18H25NO/c1-3-5-7-10-14-11-9-12-15-17(14)16(19-18(15)20)13-8-6-4-2/h9,11-12H,3-8,10,13H2,1-2H3. The normalized spacial score (nSPS) is 13.5. The fraction of sp³-hybridized carbons (Fsp3) is 0.556. The molecule has 0 bridgehead atoms. The van der Waals surface area contributed by atoms with Gasteiger partial charge in [-0.15, -0.1) is 0 Å². The molecule has 0 radical (unpaired) electrons. The van der Waals surface area contributed by atoms with Crippen molar-refractivity contribution in [3.8, 4) is 0 Å². The molecule has 2 nitrogen and oxygen atoms in total. The van der Waals surface area contributed by atoms with Crippen LogP contribution in [-0.4, -0.2) is 11.6 Å². The van der Waals surface area contributed by atoms with Crippen molar-refractivity contribution >= 4 is 11.6 Å². The van der Waals surface area contributed by atoms with Crippen LogP contribution in [0.2, 0.25) is 0 Å². The van der Waals surface area contributed by atoms with E-state index in [1.807, 2.05) is 12.1 Å². The largest absolute Gasteiger partial charge is 0.277 e. The summed E-state index contributed by atoms with van der Waals surface area (Å²) in [6.45, 7) is 4.42. The molecule has 1 aromatic rings. The van der Waals surface area contributed by atoms with Gasteiger partial charge in [-0.25, -0.2) is 4.99 Å². The van der Waals surface area contributed by atoms with Crippen LogP contribution in [0.15, 0.2) is 23.2 Å². The second-order valence-corrected chi connectivity index (χ2v) is 5.62. The summed E-state index contributed by atoms with van der Waals surface area (Å²) in [5, 5.41) is 0. The van der Waals surface area contributed by atoms with Gasteiger partial charge in [0.05, 0.1) is 11.3 Å². The van der Waals surface area contributed by atoms with E-state index in [4.69, 9.17) is 0 Å². The summed E-state index contributed by atoms with van der Waals surface area (Å²) >= 11 is 0. The topological polar surface area (TPSA) is 29.4 Å². The quantitative estimate of drug-likeness (QED) is 0.616. The zero-order valence-electron chi connectivity index (χ0n) is 12.7. The van der Waals surface area contributed by atoms with Gasteiger partial charge >= 0.3 is 0 Å². The molecule has 1 aliphatic rings. The van der Waals surface area contributed by atoms with Crippen LogP contribution in [0.1, 0.15) is 80.3 Å². The first-order chi connectivity index (χ1) is 9.77. The van der Waals surface area contributed by atoms with E-state index in [-0.39, 0.29) is 5.91 Å². The lowest BCUT2D eigenvalue weighted by Crippen LogP contribution is -2.04. The van der Waals surface area contributed by atoms with Crippen molar-refractivity contribution in [2.75, 3.05) is 0 Å². The highest BCUT2D eigenvalue weighted by molar-refractivity contribution is 6.22. The molecule has 0 fully saturated rings. The highest BCUT2D eigenvalue weighted by Crippen LogP contribution is 2.26. The molecule has 0 unspecified atom stereocenters. The molecule has 0 saturated carbocycles. The summed E-state index contributed by atoms with van der Waals surface area (Å²) in [5.41, 5.74) is 4.33. The number of aryl methyl sites for hydroxylation is 1. The van der Waals surface area contributed by atoms with Gasteiger partial charge in [0.15, 0.2) is 0 Å². The third-order valence-corrected chi connectivity index (χ3v) is 3.97. The maximum absolute atomic E-state index is 12.0. The molecule has 20 heavy (non-hydrogen) atoms. The van der Waals surface area contributed by atoms with Crippen molar-refractivity contribution < 1.29 is 4.79 Å². The minimum absolute atomic E-state index is 0.0381. The van der Waals surface area contributed by atoms with E-state index in [0.717, 1.165) is 36.1 Å². The lowest BCUT2D eigenvalue weighted by Gasteiger charge is -2.10. The average Bonchev–Trinajstić information content (AvgIpc) is 2.77. The Morgan fingerprint density at radius 2 is 1.65 bits per heavy atom. The number of carbonyl (C=O) groups is 1. The van der Waals surface area contributed by atoms with Gasteiger partial charge in [-0.1, -0.05) is 51.7 Å². The van der Waals surface area contributed by atoms with Crippen LogP contribution < -0.4 is 0 Å². The Morgan fingerprint density at radius 1 is 0.950 bits per heavy atom. The predicted molar refractivity (Wildman–Crippen MR) is 84.7 cm³/mol. The Balaban J connectivity index is 2.17. The summed E-state index contributed by atoms with van der Waals surface area (Å²) in [5.74, 6) is -0.0381. The number of benzene rings is 1. The number of carbonyl (C=O) groups excluding carboxylic acids is 1. The lowest BCUT2D eigenvalue weighted by molar-refractivity contribution is 0.101. The van der Waals surface area contributed by atoms with Gasteiger partial charge in [-0.3, -0.25) is 4.79 Å². The molecule has 0 N–H and O–H groups in total. The Labute approximate surface area is 122 Å². The summed E-state index contributed by atoms with van der Waals surface area (Å²) in [4.78, 5) is 16.3. The van der Waals surface area contributed by atoms with E-state index in [0.29, 0.717) is 0 Å². The molecule has 1 heterocycles. The number of hydrogen-bond acceptors (Lipinski definition) is 1. The van der Waals surface area contributed by atoms with E-state index in [9.17, 15) is 4.79 Å². The molecule has 0 saturated heterocycles. The van der Waals surface area contributed by atoms with Crippen LogP contribution >= 0.6 is 0 Å². The van der Waals surface area contributed by atoms with Gasteiger partial charge in [0.2, 0.25) is 0 Å². The van der Waals surface area contributed by atoms with E-state index in [1.165, 1.54) is 37.7 Å². The number of nitrogens with zero attached hydrogens (tertiary/aromatic N) is 1. The first kappa shape index (κ1) is 15.0. The zero-order valence-corrected chi connectivity index (χ0v) is 12.7. The van der Waals surface area contributed by atoms with Gasteiger partial charge in [-0.05, 0) is 37.3 Å². The monoisotopic (exact) mass is 271 g/mol. The zero-order chi connectivity index (χ0) is 14.4. The minimum atomic E-state index is -0.0381. The number of hydrogen-bond donors (Lipinski definition) is 0. The van der Waals surface area contributed by atoms with Gasteiger partial charge in [0.25, 0.3) is 5.91 Å². The number of fused-ring (bicyclic) bond motifs is 1. The second kappa shape index (κ2) is 7.37. The number of aliphatic imine (C=N–C) groups is 1. The smallest absolute Gasteiger partial charge is 0.267 e. The van der Waals surface area contributed by atoms with E-state index in [1.54, 1.807) is 0 Å². The average molecular weight is 271 g/mol. The first-order valence-corrected chi connectivity index (χ1v) is 8.02. The van der Waals surface area contributed by atoms with Crippen LogP contribution in [0.3, 0.4) is 0 Å². The molecule has 1 amide bonds. The molecule has 1 aromatic carbocycles. The Hall–Kier alpha value is -1.44. The molecule has 0 aromatic heterocycles. The maximum atomic E-state index is 12.0. The predicted octanol–water partition coefficient (Wildman–Crippen LogP) is 4.94. The van der Waals surface area contributed by atoms with Crippen molar-refractivity contribution in [2.24, 2.45) is 4.99 Å². The van der Waals surface area contributed by atoms with Crippen LogP contribution in [0.5, 0.6) is 0 Å². The molecule has 0 aliphatic carbocycles. The molecule has 2 rings (SSSR count). The van der Waals surface area contributed by atoms with Crippen LogP contribution in [0.25, 0.3) is 0 Å². The van der Waals surface area contributed by atoms with Crippen LogP contribution in [0.4, 0.5) is 0 Å². The van der Waals surface area contributed by atoms with Crippen LogP contribution in [0, 0.1) is 0 Å². The molecule has 1 aliphatic heterocycles. The van der Waals surface area contributed by atoms with Gasteiger partial charge in [-0.2, -0.15) is 0 Å². The molecular weight excluding hydrogens is 246 g/mol. The Kier molecular flexibility index (Phi) is 5.51. The summed E-state index contributed by atoms with van der Waals surface area (Å²) in [7, 11) is 0. The molecule has 0 atom stereocenters. The highest BCUT2D eigenvalue weighted by atomic mass is 16.1. The third kappa shape index (κ3) is 3.36. The van der Waals surface area contributed by atoms with Gasteiger partial charge < -0.3 is 0 Å². The molecule has 0 spiro atoms. The number of amides is 1. The Morgan fingerprint density at radius 3 is 2.35 bits per heavy atom. The Bertz CT molecular complexity index is 502. The van der Waals surface area contributed by atoms with Gasteiger partial charge in [0.1, 0.15) is 0 Å². The molecule has 108 valence electrons. The fourth-order valence-corrected chi connectivity index (χ4v) is 2.85. The van der Waals surface area contributed by atoms with Crippen molar-refractivity contribution in [3.05, 3.63) is 34.9 Å². The summed E-state index contributed by atoms with van der Waals surface area (Å²) in [6, 6.07) is 6.10. The SMILES string of the molecule is CCCCCC1=NC(=O)c2cccc(CCCCC)c21. The van der Waals surface area contributed by atoms with E-state index in [2.05, 4.69) is 24.9 Å². The number of unbranched alkanes of at least 4 members (excludes halogenated alkanes) is 4. The maximum Gasteiger partial charge on any atom is 0.277 e. The van der Waals surface area contributed by atoms with Gasteiger partial charge in [0, 0.05) is 5.56 Å². The molecule has 2 heteroatoms. The fourth-order valence-electron chi connectivity index (χ4n) is 2.85.